The highest BCUT2D eigenvalue weighted by molar-refractivity contribution is 8.13. The molecule has 8 heteroatoms. The molecule has 1 saturated heterocycles. The van der Waals surface area contributed by atoms with E-state index >= 15 is 0 Å². The summed E-state index contributed by atoms with van der Waals surface area (Å²) in [4.78, 5) is 38.7. The van der Waals surface area contributed by atoms with Gasteiger partial charge in [-0.3, -0.25) is 9.59 Å². The minimum atomic E-state index is -0.495. The third kappa shape index (κ3) is 3.53. The number of aromatic nitrogens is 1. The van der Waals surface area contributed by atoms with Gasteiger partial charge in [-0.15, -0.1) is 0 Å². The number of hydrogen-bond donors (Lipinski definition) is 2. The highest BCUT2D eigenvalue weighted by Crippen LogP contribution is 2.17. The molecule has 2 N–H and O–H groups in total. The normalized spacial score (nSPS) is 14.4. The van der Waals surface area contributed by atoms with Crippen LogP contribution in [-0.4, -0.2) is 53.0 Å². The molecule has 0 unspecified atom stereocenters. The fourth-order valence-electron chi connectivity index (χ4n) is 1.78. The Balaban J connectivity index is 1.80. The van der Waals surface area contributed by atoms with Crippen LogP contribution < -0.4 is 5.32 Å². The Kier molecular flexibility index (Phi) is 4.67. The fourth-order valence-corrected chi connectivity index (χ4v) is 2.63. The maximum absolute atomic E-state index is 11.7. The van der Waals surface area contributed by atoms with Crippen molar-refractivity contribution in [3.63, 3.8) is 0 Å². The number of aromatic amines is 1. The number of H-pyrrole nitrogens is 1. The Morgan fingerprint density at radius 2 is 2.35 bits per heavy atom. The highest BCUT2D eigenvalue weighted by atomic mass is 32.2. The third-order valence-corrected chi connectivity index (χ3v) is 3.72. The second-order valence-electron chi connectivity index (χ2n) is 4.19. The number of methoxy groups -OCH3 is 1. The number of esters is 1. The van der Waals surface area contributed by atoms with Crippen LogP contribution in [0.5, 0.6) is 0 Å². The predicted molar refractivity (Wildman–Crippen MR) is 74.8 cm³/mol. The molecule has 1 fully saturated rings. The van der Waals surface area contributed by atoms with E-state index in [9.17, 15) is 14.4 Å². The van der Waals surface area contributed by atoms with E-state index in [-0.39, 0.29) is 23.3 Å². The van der Waals surface area contributed by atoms with Gasteiger partial charge in [-0.2, -0.15) is 0 Å². The van der Waals surface area contributed by atoms with Crippen LogP contribution in [0.15, 0.2) is 12.3 Å². The van der Waals surface area contributed by atoms with Crippen LogP contribution in [-0.2, 0) is 9.53 Å². The summed E-state index contributed by atoms with van der Waals surface area (Å²) in [6.45, 7) is 1.10. The molecule has 7 nitrogen and oxygen atoms in total. The van der Waals surface area contributed by atoms with Gasteiger partial charge in [-0.05, 0) is 6.07 Å². The van der Waals surface area contributed by atoms with Crippen LogP contribution in [0.1, 0.15) is 16.9 Å². The summed E-state index contributed by atoms with van der Waals surface area (Å²) in [5.74, 6) is 0.0797. The first-order chi connectivity index (χ1) is 9.60. The maximum atomic E-state index is 11.7. The third-order valence-electron chi connectivity index (χ3n) is 2.83. The van der Waals surface area contributed by atoms with Crippen molar-refractivity contribution in [3.8, 4) is 0 Å². The SMILES string of the molecule is COC(=O)c1cc(NC(=O)CCN2CCSC2=O)c[nH]1. The lowest BCUT2D eigenvalue weighted by molar-refractivity contribution is -0.116. The van der Waals surface area contributed by atoms with Gasteiger partial charge in [0, 0.05) is 31.5 Å². The van der Waals surface area contributed by atoms with Crippen LogP contribution in [0.2, 0.25) is 0 Å². The Morgan fingerprint density at radius 3 is 3.00 bits per heavy atom. The van der Waals surface area contributed by atoms with Crippen molar-refractivity contribution in [3.05, 3.63) is 18.0 Å². The molecule has 1 aromatic heterocycles. The lowest BCUT2D eigenvalue weighted by Crippen LogP contribution is -2.27. The molecule has 0 aromatic carbocycles. The monoisotopic (exact) mass is 297 g/mol. The Bertz CT molecular complexity index is 529. The molecule has 2 amide bonds. The Morgan fingerprint density at radius 1 is 1.55 bits per heavy atom. The first-order valence-electron chi connectivity index (χ1n) is 6.08. The number of hydrogen-bond acceptors (Lipinski definition) is 5. The van der Waals surface area contributed by atoms with E-state index in [1.54, 1.807) is 4.90 Å². The number of amides is 2. The van der Waals surface area contributed by atoms with Crippen molar-refractivity contribution < 1.29 is 19.1 Å². The minimum absolute atomic E-state index is 0.0208. The van der Waals surface area contributed by atoms with Gasteiger partial charge in [0.25, 0.3) is 5.24 Å². The lowest BCUT2D eigenvalue weighted by Gasteiger charge is -2.13. The van der Waals surface area contributed by atoms with Gasteiger partial charge in [0.2, 0.25) is 5.91 Å². The van der Waals surface area contributed by atoms with Gasteiger partial charge >= 0.3 is 5.97 Å². The van der Waals surface area contributed by atoms with Crippen LogP contribution in [0.4, 0.5) is 10.5 Å². The first kappa shape index (κ1) is 14.4. The number of nitrogens with zero attached hydrogens (tertiary/aromatic N) is 1. The van der Waals surface area contributed by atoms with Crippen LogP contribution in [0, 0.1) is 0 Å². The van der Waals surface area contributed by atoms with Crippen molar-refractivity contribution in [1.29, 1.82) is 0 Å². The molecule has 1 aliphatic rings. The molecule has 108 valence electrons. The average molecular weight is 297 g/mol. The van der Waals surface area contributed by atoms with Crippen molar-refractivity contribution in [1.82, 2.24) is 9.88 Å². The highest BCUT2D eigenvalue weighted by Gasteiger charge is 2.21. The van der Waals surface area contributed by atoms with Crippen LogP contribution in [0.25, 0.3) is 0 Å². The zero-order chi connectivity index (χ0) is 14.5. The second-order valence-corrected chi connectivity index (χ2v) is 5.24. The quantitative estimate of drug-likeness (QED) is 0.799. The van der Waals surface area contributed by atoms with E-state index in [4.69, 9.17) is 0 Å². The summed E-state index contributed by atoms with van der Waals surface area (Å²) >= 11 is 1.27. The molecule has 0 aliphatic carbocycles. The molecule has 0 atom stereocenters. The second kappa shape index (κ2) is 6.47. The van der Waals surface area contributed by atoms with E-state index in [0.717, 1.165) is 5.75 Å². The number of thioether (sulfide) groups is 1. The van der Waals surface area contributed by atoms with Gasteiger partial charge < -0.3 is 19.9 Å². The van der Waals surface area contributed by atoms with Gasteiger partial charge in [0.1, 0.15) is 5.69 Å². The van der Waals surface area contributed by atoms with Crippen molar-refractivity contribution in [2.24, 2.45) is 0 Å². The summed E-state index contributed by atoms with van der Waals surface area (Å²) in [7, 11) is 1.28. The Labute approximate surface area is 120 Å². The number of carbonyl (C=O) groups excluding carboxylic acids is 3. The molecule has 2 rings (SSSR count). The van der Waals surface area contributed by atoms with E-state index in [1.165, 1.54) is 31.1 Å². The summed E-state index contributed by atoms with van der Waals surface area (Å²) in [6.07, 6.45) is 1.74. The zero-order valence-corrected chi connectivity index (χ0v) is 11.8. The summed E-state index contributed by atoms with van der Waals surface area (Å²) in [5, 5.41) is 2.68. The summed E-state index contributed by atoms with van der Waals surface area (Å²) in [5.41, 5.74) is 0.770. The fraction of sp³-hybridized carbons (Fsp3) is 0.417. The lowest BCUT2D eigenvalue weighted by atomic mass is 10.3. The smallest absolute Gasteiger partial charge is 0.354 e. The molecule has 0 saturated carbocycles. The van der Waals surface area contributed by atoms with Crippen molar-refractivity contribution >= 4 is 34.6 Å². The van der Waals surface area contributed by atoms with Crippen molar-refractivity contribution in [2.45, 2.75) is 6.42 Å². The molecule has 0 bridgehead atoms. The molecule has 0 spiro atoms. The zero-order valence-electron chi connectivity index (χ0n) is 11.0. The van der Waals surface area contributed by atoms with Crippen LogP contribution in [0.3, 0.4) is 0 Å². The molecular formula is C12H15N3O4S. The predicted octanol–water partition coefficient (Wildman–Crippen LogP) is 1.30. The number of anilines is 1. The largest absolute Gasteiger partial charge is 0.464 e. The number of ether oxygens (including phenoxy) is 1. The van der Waals surface area contributed by atoms with Gasteiger partial charge in [-0.25, -0.2) is 4.79 Å². The van der Waals surface area contributed by atoms with E-state index in [0.29, 0.717) is 18.8 Å². The summed E-state index contributed by atoms with van der Waals surface area (Å²) < 4.78 is 4.55. The molecule has 0 radical (unpaired) electrons. The molecule has 20 heavy (non-hydrogen) atoms. The van der Waals surface area contributed by atoms with Crippen LogP contribution >= 0.6 is 11.8 Å². The Hall–Kier alpha value is -1.96. The average Bonchev–Trinajstić information content (AvgIpc) is 3.05. The number of nitrogens with one attached hydrogen (secondary N) is 2. The van der Waals surface area contributed by atoms with Gasteiger partial charge in [0.15, 0.2) is 0 Å². The standard InChI is InChI=1S/C12H15N3O4S/c1-19-11(17)9-6-8(7-13-9)14-10(16)2-3-15-4-5-20-12(15)18/h6-7,13H,2-5H2,1H3,(H,14,16). The summed E-state index contributed by atoms with van der Waals surface area (Å²) in [6, 6.07) is 1.50. The topological polar surface area (TPSA) is 91.5 Å². The van der Waals surface area contributed by atoms with Crippen molar-refractivity contribution in [2.75, 3.05) is 31.3 Å². The number of carbonyl (C=O) groups is 3. The molecule has 1 aromatic rings. The van der Waals surface area contributed by atoms with Gasteiger partial charge in [0.05, 0.1) is 12.8 Å². The minimum Gasteiger partial charge on any atom is -0.464 e. The number of rotatable bonds is 5. The van der Waals surface area contributed by atoms with E-state index in [1.807, 2.05) is 0 Å². The molecular weight excluding hydrogens is 282 g/mol. The molecule has 1 aliphatic heterocycles. The first-order valence-corrected chi connectivity index (χ1v) is 7.07. The molecule has 2 heterocycles. The van der Waals surface area contributed by atoms with E-state index < -0.39 is 5.97 Å². The van der Waals surface area contributed by atoms with Gasteiger partial charge in [-0.1, -0.05) is 11.8 Å². The maximum Gasteiger partial charge on any atom is 0.354 e. The van der Waals surface area contributed by atoms with E-state index in [2.05, 4.69) is 15.0 Å².